The Morgan fingerprint density at radius 3 is 2.42 bits per heavy atom. The number of alkyl halides is 3. The minimum Gasteiger partial charge on any atom is -0.375 e. The zero-order valence-corrected chi connectivity index (χ0v) is 17.5. The summed E-state index contributed by atoms with van der Waals surface area (Å²) in [6.45, 7) is 1.13. The van der Waals surface area contributed by atoms with Crippen LogP contribution in [-0.4, -0.2) is 25.6 Å². The molecule has 0 aliphatic carbocycles. The highest BCUT2D eigenvalue weighted by Gasteiger charge is 2.55. The predicted octanol–water partition coefficient (Wildman–Crippen LogP) is 5.88. The molecule has 8 heteroatoms. The fraction of sp³-hybridized carbons (Fsp3) is 0.160. The van der Waals surface area contributed by atoms with Gasteiger partial charge in [0, 0.05) is 11.6 Å². The van der Waals surface area contributed by atoms with Gasteiger partial charge in [0.05, 0.1) is 29.5 Å². The maximum atomic E-state index is 14.3. The normalized spacial score (nSPS) is 14.1. The molecule has 4 nitrogen and oxygen atoms in total. The average Bonchev–Trinajstić information content (AvgIpc) is 3.38. The van der Waals surface area contributed by atoms with E-state index in [0.29, 0.717) is 22.1 Å². The van der Waals surface area contributed by atoms with Crippen LogP contribution in [-0.2, 0) is 12.1 Å². The number of hydrogen-bond donors (Lipinski definition) is 1. The minimum atomic E-state index is -4.92. The molecule has 1 unspecified atom stereocenters. The van der Waals surface area contributed by atoms with E-state index in [4.69, 9.17) is 0 Å². The Bertz CT molecular complexity index is 1470. The lowest BCUT2D eigenvalue weighted by molar-refractivity contribution is -0.271. The third-order valence-electron chi connectivity index (χ3n) is 5.98. The number of benzene rings is 3. The first kappa shape index (κ1) is 21.2. The van der Waals surface area contributed by atoms with Crippen molar-refractivity contribution >= 4 is 21.8 Å². The summed E-state index contributed by atoms with van der Waals surface area (Å²) in [5, 5.41) is 16.5. The first-order chi connectivity index (χ1) is 15.7. The molecule has 0 radical (unpaired) electrons. The number of fused-ring (bicyclic) bond motifs is 2. The number of hydrogen-bond acceptors (Lipinski definition) is 2. The fourth-order valence-corrected chi connectivity index (χ4v) is 4.25. The van der Waals surface area contributed by atoms with E-state index in [2.05, 4.69) is 5.10 Å². The van der Waals surface area contributed by atoms with Crippen LogP contribution in [0, 0.1) is 12.7 Å². The second-order valence-electron chi connectivity index (χ2n) is 8.12. The van der Waals surface area contributed by atoms with Gasteiger partial charge < -0.3 is 9.67 Å². The monoisotopic (exact) mass is 453 g/mol. The highest BCUT2D eigenvalue weighted by Crippen LogP contribution is 2.42. The second kappa shape index (κ2) is 7.45. The molecule has 168 valence electrons. The van der Waals surface area contributed by atoms with Gasteiger partial charge in [-0.05, 0) is 65.9 Å². The Labute approximate surface area is 186 Å². The van der Waals surface area contributed by atoms with E-state index in [1.807, 2.05) is 25.1 Å². The molecular formula is C25H19F4N3O. The highest BCUT2D eigenvalue weighted by molar-refractivity contribution is 5.83. The molecule has 0 amide bonds. The van der Waals surface area contributed by atoms with E-state index in [1.165, 1.54) is 57.9 Å². The third kappa shape index (κ3) is 3.47. The van der Waals surface area contributed by atoms with Crippen molar-refractivity contribution in [3.8, 4) is 5.69 Å². The van der Waals surface area contributed by atoms with Gasteiger partial charge in [0.1, 0.15) is 5.82 Å². The van der Waals surface area contributed by atoms with Crippen LogP contribution in [0.1, 0.15) is 11.1 Å². The number of nitrogens with zero attached hydrogens (tertiary/aromatic N) is 3. The maximum Gasteiger partial charge on any atom is 0.423 e. The van der Waals surface area contributed by atoms with Gasteiger partial charge in [-0.25, -0.2) is 9.07 Å². The first-order valence-corrected chi connectivity index (χ1v) is 10.3. The van der Waals surface area contributed by atoms with Crippen molar-refractivity contribution in [1.82, 2.24) is 14.3 Å². The van der Waals surface area contributed by atoms with Gasteiger partial charge in [-0.1, -0.05) is 24.3 Å². The molecule has 2 heterocycles. The van der Waals surface area contributed by atoms with Crippen molar-refractivity contribution in [2.24, 2.45) is 0 Å². The molecule has 0 bridgehead atoms. The van der Waals surface area contributed by atoms with Crippen LogP contribution >= 0.6 is 0 Å². The summed E-state index contributed by atoms with van der Waals surface area (Å²) in [7, 11) is 0. The maximum absolute atomic E-state index is 14.3. The Morgan fingerprint density at radius 2 is 1.70 bits per heavy atom. The van der Waals surface area contributed by atoms with Crippen LogP contribution in [0.15, 0.2) is 79.1 Å². The van der Waals surface area contributed by atoms with Crippen molar-refractivity contribution in [3.63, 3.8) is 0 Å². The SMILES string of the molecule is Cc1cccc2ccn(CC(O)(c3ccc4c(cnn4-c4ccc(F)cc4)c3)C(F)(F)F)c12. The number of aromatic nitrogens is 3. The van der Waals surface area contributed by atoms with Gasteiger partial charge in [0.25, 0.3) is 0 Å². The average molecular weight is 453 g/mol. The number of halogens is 4. The van der Waals surface area contributed by atoms with E-state index >= 15 is 0 Å². The molecule has 1 N–H and O–H groups in total. The van der Waals surface area contributed by atoms with Crippen LogP contribution in [0.5, 0.6) is 0 Å². The Kier molecular flexibility index (Phi) is 4.79. The topological polar surface area (TPSA) is 43.0 Å². The molecule has 33 heavy (non-hydrogen) atoms. The van der Waals surface area contributed by atoms with Crippen LogP contribution in [0.3, 0.4) is 0 Å². The van der Waals surface area contributed by atoms with Gasteiger partial charge >= 0.3 is 6.18 Å². The quantitative estimate of drug-likeness (QED) is 0.346. The molecule has 3 aromatic carbocycles. The van der Waals surface area contributed by atoms with Gasteiger partial charge in [0.15, 0.2) is 0 Å². The minimum absolute atomic E-state index is 0.281. The molecule has 2 aromatic heterocycles. The molecule has 0 aliphatic heterocycles. The Balaban J connectivity index is 1.60. The van der Waals surface area contributed by atoms with Crippen molar-refractivity contribution in [2.45, 2.75) is 25.2 Å². The lowest BCUT2D eigenvalue weighted by atomic mass is 9.91. The fourth-order valence-electron chi connectivity index (χ4n) is 4.25. The van der Waals surface area contributed by atoms with E-state index in [-0.39, 0.29) is 5.56 Å². The number of aliphatic hydroxyl groups is 1. The van der Waals surface area contributed by atoms with Gasteiger partial charge in [-0.3, -0.25) is 0 Å². The third-order valence-corrected chi connectivity index (χ3v) is 5.98. The van der Waals surface area contributed by atoms with Crippen molar-refractivity contribution in [3.05, 3.63) is 96.1 Å². The van der Waals surface area contributed by atoms with E-state index in [1.54, 1.807) is 12.3 Å². The van der Waals surface area contributed by atoms with Crippen molar-refractivity contribution in [1.29, 1.82) is 0 Å². The van der Waals surface area contributed by atoms with Crippen molar-refractivity contribution in [2.75, 3.05) is 0 Å². The standard InChI is InChI=1S/C25H19F4N3O/c1-16-3-2-4-17-11-12-31(23(16)17)15-24(33,25(27,28)29)19-5-10-22-18(13-19)14-30-32(22)21-8-6-20(26)7-9-21/h2-14,33H,15H2,1H3. The Morgan fingerprint density at radius 1 is 0.939 bits per heavy atom. The van der Waals surface area contributed by atoms with Gasteiger partial charge in [-0.2, -0.15) is 18.3 Å². The predicted molar refractivity (Wildman–Crippen MR) is 118 cm³/mol. The number of rotatable bonds is 4. The van der Waals surface area contributed by atoms with Crippen LogP contribution < -0.4 is 0 Å². The summed E-state index contributed by atoms with van der Waals surface area (Å²) in [6, 6.07) is 16.9. The largest absolute Gasteiger partial charge is 0.423 e. The Hall–Kier alpha value is -3.65. The molecule has 0 saturated carbocycles. The van der Waals surface area contributed by atoms with E-state index in [0.717, 1.165) is 10.9 Å². The summed E-state index contributed by atoms with van der Waals surface area (Å²) in [4.78, 5) is 0. The molecule has 0 fully saturated rings. The summed E-state index contributed by atoms with van der Waals surface area (Å²) in [6.07, 6.45) is -1.94. The molecule has 0 spiro atoms. The second-order valence-corrected chi connectivity index (χ2v) is 8.12. The van der Waals surface area contributed by atoms with Gasteiger partial charge in [-0.15, -0.1) is 0 Å². The molecule has 5 aromatic rings. The summed E-state index contributed by atoms with van der Waals surface area (Å²) < 4.78 is 59.0. The van der Waals surface area contributed by atoms with Gasteiger partial charge in [0.2, 0.25) is 5.60 Å². The number of aryl methyl sites for hydroxylation is 1. The van der Waals surface area contributed by atoms with Crippen LogP contribution in [0.2, 0.25) is 0 Å². The zero-order chi connectivity index (χ0) is 23.4. The zero-order valence-electron chi connectivity index (χ0n) is 17.5. The summed E-state index contributed by atoms with van der Waals surface area (Å²) in [5.74, 6) is -0.402. The highest BCUT2D eigenvalue weighted by atomic mass is 19.4. The molecule has 5 rings (SSSR count). The van der Waals surface area contributed by atoms with E-state index in [9.17, 15) is 22.7 Å². The summed E-state index contributed by atoms with van der Waals surface area (Å²) >= 11 is 0. The van der Waals surface area contributed by atoms with Crippen LogP contribution in [0.4, 0.5) is 17.6 Å². The lowest BCUT2D eigenvalue weighted by Crippen LogP contribution is -2.45. The first-order valence-electron chi connectivity index (χ1n) is 10.3. The molecule has 1 atom stereocenters. The summed E-state index contributed by atoms with van der Waals surface area (Å²) in [5.41, 5.74) is -0.829. The van der Waals surface area contributed by atoms with E-state index < -0.39 is 24.1 Å². The van der Waals surface area contributed by atoms with Crippen LogP contribution in [0.25, 0.3) is 27.5 Å². The molecular weight excluding hydrogens is 434 g/mol. The smallest absolute Gasteiger partial charge is 0.375 e. The molecule has 0 saturated heterocycles. The number of para-hydroxylation sites is 1. The molecule has 0 aliphatic rings. The lowest BCUT2D eigenvalue weighted by Gasteiger charge is -2.32. The van der Waals surface area contributed by atoms with Crippen molar-refractivity contribution < 1.29 is 22.7 Å².